The number of hydrogen-bond acceptors (Lipinski definition) is 3. The third-order valence-corrected chi connectivity index (χ3v) is 5.99. The average molecular weight is 394 g/mol. The van der Waals surface area contributed by atoms with Crippen molar-refractivity contribution in [3.05, 3.63) is 59.7 Å². The van der Waals surface area contributed by atoms with Gasteiger partial charge in [0.05, 0.1) is 0 Å². The highest BCUT2D eigenvalue weighted by atomic mass is 15.0. The van der Waals surface area contributed by atoms with Gasteiger partial charge in [-0.25, -0.2) is 0 Å². The topological polar surface area (TPSA) is 50.1 Å². The zero-order valence-corrected chi connectivity index (χ0v) is 19.0. The highest BCUT2D eigenvalue weighted by Crippen LogP contribution is 2.28. The van der Waals surface area contributed by atoms with Gasteiger partial charge in [0.2, 0.25) is 0 Å². The molecule has 0 bridgehead atoms. The Morgan fingerprint density at radius 3 is 1.28 bits per heavy atom. The van der Waals surface area contributed by atoms with Gasteiger partial charge in [-0.15, -0.1) is 0 Å². The van der Waals surface area contributed by atoms with Crippen LogP contribution in [0.5, 0.6) is 0 Å². The fraction of sp³-hybridized carbons (Fsp3) is 0.538. The van der Waals surface area contributed by atoms with Gasteiger partial charge in [-0.3, -0.25) is 0 Å². The molecule has 1 fully saturated rings. The molecule has 3 heteroatoms. The summed E-state index contributed by atoms with van der Waals surface area (Å²) in [6.07, 6.45) is 3.11. The van der Waals surface area contributed by atoms with Crippen LogP contribution < -0.4 is 16.4 Å². The zero-order valence-electron chi connectivity index (χ0n) is 19.0. The first-order chi connectivity index (χ1) is 13.5. The predicted molar refractivity (Wildman–Crippen MR) is 127 cm³/mol. The molecule has 0 aromatic heterocycles. The van der Waals surface area contributed by atoms with Gasteiger partial charge in [0.15, 0.2) is 0 Å². The van der Waals surface area contributed by atoms with Gasteiger partial charge in [-0.1, -0.05) is 65.8 Å². The van der Waals surface area contributed by atoms with Crippen molar-refractivity contribution in [3.8, 4) is 0 Å². The monoisotopic (exact) mass is 393 g/mol. The van der Waals surface area contributed by atoms with Crippen molar-refractivity contribution in [2.24, 2.45) is 5.73 Å². The molecule has 0 spiro atoms. The molecule has 4 N–H and O–H groups in total. The molecule has 0 amide bonds. The van der Waals surface area contributed by atoms with Crippen LogP contribution >= 0.6 is 0 Å². The van der Waals surface area contributed by atoms with E-state index < -0.39 is 0 Å². The molecule has 0 unspecified atom stereocenters. The van der Waals surface area contributed by atoms with E-state index >= 15 is 0 Å². The summed E-state index contributed by atoms with van der Waals surface area (Å²) < 4.78 is 0. The van der Waals surface area contributed by atoms with E-state index in [1.54, 1.807) is 0 Å². The summed E-state index contributed by atoms with van der Waals surface area (Å²) in [5, 5.41) is 7.43. The summed E-state index contributed by atoms with van der Waals surface area (Å²) in [4.78, 5) is 0. The molecule has 2 aromatic carbocycles. The van der Waals surface area contributed by atoms with Gasteiger partial charge >= 0.3 is 0 Å². The predicted octanol–water partition coefficient (Wildman–Crippen LogP) is 6.05. The molecular weight excluding hydrogens is 354 g/mol. The largest absolute Gasteiger partial charge is 0.382 e. The standard InChI is InChI=1S/C26H39N3/c1-25(2,3)18-7-11-21(12-8-18)28-23-15-20(27)16-24(17-23)29-22-13-9-19(10-14-22)26(4,5)6/h7-14,20,23-24,28-29H,15-17,27H2,1-6H3/t20-,23+,24-. The fourth-order valence-corrected chi connectivity index (χ4v) is 4.20. The van der Waals surface area contributed by atoms with Crippen LogP contribution in [0.15, 0.2) is 48.5 Å². The second-order valence-corrected chi connectivity index (χ2v) is 10.8. The van der Waals surface area contributed by atoms with Gasteiger partial charge in [0.25, 0.3) is 0 Å². The lowest BCUT2D eigenvalue weighted by atomic mass is 9.86. The van der Waals surface area contributed by atoms with Crippen LogP contribution in [0.25, 0.3) is 0 Å². The first-order valence-corrected chi connectivity index (χ1v) is 11.0. The van der Waals surface area contributed by atoms with Crippen LogP contribution in [0, 0.1) is 0 Å². The van der Waals surface area contributed by atoms with E-state index in [0.29, 0.717) is 12.1 Å². The molecule has 158 valence electrons. The minimum Gasteiger partial charge on any atom is -0.382 e. The average Bonchev–Trinajstić information content (AvgIpc) is 2.60. The Morgan fingerprint density at radius 1 is 0.621 bits per heavy atom. The number of rotatable bonds is 4. The van der Waals surface area contributed by atoms with Crippen LogP contribution in [-0.2, 0) is 10.8 Å². The van der Waals surface area contributed by atoms with Gasteiger partial charge in [-0.05, 0) is 65.5 Å². The molecule has 0 heterocycles. The number of nitrogens with one attached hydrogen (secondary N) is 2. The third-order valence-electron chi connectivity index (χ3n) is 5.99. The summed E-state index contributed by atoms with van der Waals surface area (Å²) in [6.45, 7) is 13.5. The maximum Gasteiger partial charge on any atom is 0.0342 e. The van der Waals surface area contributed by atoms with E-state index in [0.717, 1.165) is 19.3 Å². The minimum absolute atomic E-state index is 0.184. The highest BCUT2D eigenvalue weighted by molar-refractivity contribution is 5.48. The number of anilines is 2. The lowest BCUT2D eigenvalue weighted by molar-refractivity contribution is 0.381. The molecule has 0 radical (unpaired) electrons. The Bertz CT molecular complexity index is 711. The fourth-order valence-electron chi connectivity index (χ4n) is 4.20. The third kappa shape index (κ3) is 5.99. The molecule has 3 rings (SSSR count). The Kier molecular flexibility index (Phi) is 6.28. The Morgan fingerprint density at radius 2 is 0.966 bits per heavy atom. The van der Waals surface area contributed by atoms with E-state index in [-0.39, 0.29) is 16.9 Å². The van der Waals surface area contributed by atoms with E-state index in [1.807, 2.05) is 0 Å². The van der Waals surface area contributed by atoms with Crippen LogP contribution in [0.3, 0.4) is 0 Å². The van der Waals surface area contributed by atoms with Crippen molar-refractivity contribution < 1.29 is 0 Å². The van der Waals surface area contributed by atoms with Gasteiger partial charge in [0, 0.05) is 29.5 Å². The van der Waals surface area contributed by atoms with Crippen LogP contribution in [0.4, 0.5) is 11.4 Å². The van der Waals surface area contributed by atoms with Crippen molar-refractivity contribution in [2.75, 3.05) is 10.6 Å². The number of benzene rings is 2. The second kappa shape index (κ2) is 8.39. The van der Waals surface area contributed by atoms with Gasteiger partial charge in [0.1, 0.15) is 0 Å². The molecule has 29 heavy (non-hydrogen) atoms. The first-order valence-electron chi connectivity index (χ1n) is 11.0. The van der Waals surface area contributed by atoms with E-state index in [9.17, 15) is 0 Å². The maximum absolute atomic E-state index is 6.41. The van der Waals surface area contributed by atoms with Gasteiger partial charge in [-0.2, -0.15) is 0 Å². The molecular formula is C26H39N3. The Labute approximate surface area is 177 Å². The summed E-state index contributed by atoms with van der Waals surface area (Å²) in [5.41, 5.74) is 11.9. The molecule has 1 saturated carbocycles. The van der Waals surface area contributed by atoms with E-state index in [2.05, 4.69) is 101 Å². The quantitative estimate of drug-likeness (QED) is 0.592. The normalized spacial score (nSPS) is 22.9. The van der Waals surface area contributed by atoms with Crippen LogP contribution in [-0.4, -0.2) is 18.1 Å². The SMILES string of the molecule is CC(C)(C)c1ccc(N[C@@H]2C[C@H](N)C[C@H](Nc3ccc(C(C)(C)C)cc3)C2)cc1. The van der Waals surface area contributed by atoms with Crippen molar-refractivity contribution in [2.45, 2.75) is 89.8 Å². The van der Waals surface area contributed by atoms with Gasteiger partial charge < -0.3 is 16.4 Å². The van der Waals surface area contributed by atoms with Crippen molar-refractivity contribution in [1.82, 2.24) is 0 Å². The zero-order chi connectivity index (χ0) is 21.2. The minimum atomic E-state index is 0.184. The van der Waals surface area contributed by atoms with Crippen LogP contribution in [0.2, 0.25) is 0 Å². The second-order valence-electron chi connectivity index (χ2n) is 10.8. The molecule has 3 atom stereocenters. The lowest BCUT2D eigenvalue weighted by Gasteiger charge is -2.35. The first kappa shape index (κ1) is 21.7. The highest BCUT2D eigenvalue weighted by Gasteiger charge is 2.27. The Hall–Kier alpha value is -2.00. The van der Waals surface area contributed by atoms with Crippen molar-refractivity contribution >= 4 is 11.4 Å². The number of hydrogen-bond donors (Lipinski definition) is 3. The summed E-state index contributed by atoms with van der Waals surface area (Å²) >= 11 is 0. The summed E-state index contributed by atoms with van der Waals surface area (Å²) in [6, 6.07) is 18.8. The van der Waals surface area contributed by atoms with Crippen molar-refractivity contribution in [1.29, 1.82) is 0 Å². The molecule has 0 saturated heterocycles. The molecule has 2 aromatic rings. The molecule has 1 aliphatic carbocycles. The van der Waals surface area contributed by atoms with Crippen molar-refractivity contribution in [3.63, 3.8) is 0 Å². The summed E-state index contributed by atoms with van der Waals surface area (Å²) in [7, 11) is 0. The smallest absolute Gasteiger partial charge is 0.0342 e. The maximum atomic E-state index is 6.41. The van der Waals surface area contributed by atoms with Crippen LogP contribution in [0.1, 0.15) is 71.9 Å². The molecule has 1 aliphatic rings. The van der Waals surface area contributed by atoms with E-state index in [4.69, 9.17) is 5.73 Å². The Balaban J connectivity index is 1.61. The molecule has 0 aliphatic heterocycles. The lowest BCUT2D eigenvalue weighted by Crippen LogP contribution is -2.44. The number of nitrogens with two attached hydrogens (primary N) is 1. The van der Waals surface area contributed by atoms with E-state index in [1.165, 1.54) is 22.5 Å². The molecule has 3 nitrogen and oxygen atoms in total. The summed E-state index contributed by atoms with van der Waals surface area (Å²) in [5.74, 6) is 0.